The standard InChI is InChI=1S/C25H23F6N9/c26-24(27,28)15-4-5-19(34-13-15)36-17-6-8-33-23-22(17)35-14-18(37-23)21-16(25(29,30)31)12-20(38-39-21)32-7-3-11-40-9-1-2-10-40/h4-6,8,12-14H,1-3,7,9-11H2,(H,32,38)(H,33,34,36,37). The lowest BCUT2D eigenvalue weighted by molar-refractivity contribution is -0.138. The summed E-state index contributed by atoms with van der Waals surface area (Å²) in [5.74, 6) is 0.0972. The van der Waals surface area contributed by atoms with Crippen molar-refractivity contribution in [2.75, 3.05) is 36.8 Å². The van der Waals surface area contributed by atoms with Crippen molar-refractivity contribution in [1.29, 1.82) is 0 Å². The summed E-state index contributed by atoms with van der Waals surface area (Å²) in [6.07, 6.45) is -3.07. The zero-order chi connectivity index (χ0) is 28.3. The number of anilines is 3. The van der Waals surface area contributed by atoms with Gasteiger partial charge in [0.05, 0.1) is 23.0 Å². The molecule has 1 fully saturated rings. The highest BCUT2D eigenvalue weighted by Gasteiger charge is 2.36. The van der Waals surface area contributed by atoms with Gasteiger partial charge in [-0.1, -0.05) is 0 Å². The largest absolute Gasteiger partial charge is 0.418 e. The summed E-state index contributed by atoms with van der Waals surface area (Å²) >= 11 is 0. The van der Waals surface area contributed by atoms with Crippen LogP contribution >= 0.6 is 0 Å². The van der Waals surface area contributed by atoms with E-state index in [4.69, 9.17) is 0 Å². The molecule has 1 saturated heterocycles. The van der Waals surface area contributed by atoms with Crippen LogP contribution in [0.15, 0.2) is 42.9 Å². The molecule has 0 aromatic carbocycles. The molecule has 5 rings (SSSR count). The number of hydrogen-bond donors (Lipinski definition) is 2. The van der Waals surface area contributed by atoms with Crippen LogP contribution in [-0.2, 0) is 12.4 Å². The fraction of sp³-hybridized carbons (Fsp3) is 0.360. The Balaban J connectivity index is 1.36. The fourth-order valence-corrected chi connectivity index (χ4v) is 4.32. The summed E-state index contributed by atoms with van der Waals surface area (Å²) in [5.41, 5.74) is -2.17. The van der Waals surface area contributed by atoms with E-state index in [0.717, 1.165) is 63.3 Å². The van der Waals surface area contributed by atoms with Gasteiger partial charge in [0.2, 0.25) is 0 Å². The van der Waals surface area contributed by atoms with Crippen LogP contribution in [0, 0.1) is 0 Å². The summed E-state index contributed by atoms with van der Waals surface area (Å²) in [7, 11) is 0. The van der Waals surface area contributed by atoms with Gasteiger partial charge in [0.25, 0.3) is 0 Å². The van der Waals surface area contributed by atoms with E-state index in [2.05, 4.69) is 45.7 Å². The van der Waals surface area contributed by atoms with Gasteiger partial charge in [-0.2, -0.15) is 26.3 Å². The molecule has 0 atom stereocenters. The van der Waals surface area contributed by atoms with Crippen molar-refractivity contribution in [3.05, 3.63) is 54.0 Å². The Morgan fingerprint density at radius 1 is 0.850 bits per heavy atom. The van der Waals surface area contributed by atoms with Crippen LogP contribution in [0.4, 0.5) is 43.7 Å². The van der Waals surface area contributed by atoms with Crippen molar-refractivity contribution in [2.45, 2.75) is 31.6 Å². The van der Waals surface area contributed by atoms with Gasteiger partial charge in [-0.3, -0.25) is 0 Å². The minimum atomic E-state index is -4.74. The number of likely N-dealkylation sites (tertiary alicyclic amines) is 1. The third-order valence-electron chi connectivity index (χ3n) is 6.30. The molecule has 40 heavy (non-hydrogen) atoms. The molecule has 210 valence electrons. The van der Waals surface area contributed by atoms with E-state index in [-0.39, 0.29) is 28.5 Å². The van der Waals surface area contributed by atoms with Gasteiger partial charge in [-0.15, -0.1) is 10.2 Å². The van der Waals surface area contributed by atoms with E-state index in [9.17, 15) is 26.3 Å². The van der Waals surface area contributed by atoms with Crippen molar-refractivity contribution in [3.8, 4) is 11.4 Å². The van der Waals surface area contributed by atoms with Gasteiger partial charge >= 0.3 is 12.4 Å². The average molecular weight is 564 g/mol. The van der Waals surface area contributed by atoms with Crippen LogP contribution in [0.2, 0.25) is 0 Å². The van der Waals surface area contributed by atoms with Crippen LogP contribution in [0.1, 0.15) is 30.4 Å². The topological polar surface area (TPSA) is 105 Å². The number of nitrogens with one attached hydrogen (secondary N) is 2. The summed E-state index contributed by atoms with van der Waals surface area (Å²) in [6.45, 7) is 3.39. The van der Waals surface area contributed by atoms with Gasteiger partial charge in [0.15, 0.2) is 5.65 Å². The Kier molecular flexibility index (Phi) is 7.65. The maximum Gasteiger partial charge on any atom is 0.418 e. The number of halogens is 6. The molecule has 0 amide bonds. The Morgan fingerprint density at radius 3 is 2.35 bits per heavy atom. The number of pyridine rings is 2. The average Bonchev–Trinajstić information content (AvgIpc) is 3.44. The van der Waals surface area contributed by atoms with Crippen LogP contribution < -0.4 is 10.6 Å². The molecule has 15 heteroatoms. The number of rotatable bonds is 8. The number of aromatic nitrogens is 6. The molecule has 0 radical (unpaired) electrons. The Hall–Kier alpha value is -4.14. The number of alkyl halides is 6. The molecule has 2 N–H and O–H groups in total. The highest BCUT2D eigenvalue weighted by atomic mass is 19.4. The first-order valence-corrected chi connectivity index (χ1v) is 12.4. The van der Waals surface area contributed by atoms with E-state index in [1.165, 1.54) is 12.3 Å². The zero-order valence-electron chi connectivity index (χ0n) is 20.9. The van der Waals surface area contributed by atoms with Crippen molar-refractivity contribution < 1.29 is 26.3 Å². The highest BCUT2D eigenvalue weighted by Crippen LogP contribution is 2.36. The molecule has 0 saturated carbocycles. The summed E-state index contributed by atoms with van der Waals surface area (Å²) in [5, 5.41) is 13.5. The summed E-state index contributed by atoms with van der Waals surface area (Å²) in [6, 6.07) is 4.39. The minimum Gasteiger partial charge on any atom is -0.369 e. The molecule has 0 bridgehead atoms. The predicted molar refractivity (Wildman–Crippen MR) is 135 cm³/mol. The minimum absolute atomic E-state index is 0.0000943. The van der Waals surface area contributed by atoms with Crippen molar-refractivity contribution in [1.82, 2.24) is 35.0 Å². The van der Waals surface area contributed by atoms with Gasteiger partial charge in [-0.25, -0.2) is 19.9 Å². The Labute approximate surface area is 224 Å². The van der Waals surface area contributed by atoms with Crippen LogP contribution in [0.3, 0.4) is 0 Å². The maximum absolute atomic E-state index is 14.0. The van der Waals surface area contributed by atoms with Gasteiger partial charge in [0.1, 0.15) is 28.5 Å². The van der Waals surface area contributed by atoms with E-state index < -0.39 is 29.2 Å². The van der Waals surface area contributed by atoms with Gasteiger partial charge in [0, 0.05) is 18.9 Å². The first kappa shape index (κ1) is 27.4. The zero-order valence-corrected chi connectivity index (χ0v) is 20.9. The lowest BCUT2D eigenvalue weighted by atomic mass is 10.1. The lowest BCUT2D eigenvalue weighted by Crippen LogP contribution is -2.22. The first-order valence-electron chi connectivity index (χ1n) is 12.4. The monoisotopic (exact) mass is 563 g/mol. The van der Waals surface area contributed by atoms with E-state index >= 15 is 0 Å². The molecule has 0 unspecified atom stereocenters. The molecule has 4 aromatic heterocycles. The number of nitrogens with zero attached hydrogens (tertiary/aromatic N) is 7. The number of fused-ring (bicyclic) bond motifs is 1. The van der Waals surface area contributed by atoms with Gasteiger partial charge < -0.3 is 15.5 Å². The summed E-state index contributed by atoms with van der Waals surface area (Å²) in [4.78, 5) is 18.6. The van der Waals surface area contributed by atoms with Crippen molar-refractivity contribution in [2.24, 2.45) is 0 Å². The van der Waals surface area contributed by atoms with Crippen LogP contribution in [0.25, 0.3) is 22.6 Å². The van der Waals surface area contributed by atoms with Crippen molar-refractivity contribution in [3.63, 3.8) is 0 Å². The van der Waals surface area contributed by atoms with E-state index in [1.807, 2.05) is 0 Å². The molecular weight excluding hydrogens is 540 g/mol. The van der Waals surface area contributed by atoms with Crippen LogP contribution in [-0.4, -0.2) is 61.2 Å². The Bertz CT molecular complexity index is 1470. The molecular formula is C25H23F6N9. The smallest absolute Gasteiger partial charge is 0.369 e. The SMILES string of the molecule is FC(F)(F)c1ccc(Nc2ccnc3nc(-c4nnc(NCCCN5CCCC5)cc4C(F)(F)F)cnc23)nc1. The molecule has 5 heterocycles. The highest BCUT2D eigenvalue weighted by molar-refractivity contribution is 5.87. The second-order valence-electron chi connectivity index (χ2n) is 9.16. The van der Waals surface area contributed by atoms with E-state index in [1.54, 1.807) is 0 Å². The third kappa shape index (κ3) is 6.35. The molecule has 1 aliphatic rings. The Morgan fingerprint density at radius 2 is 1.65 bits per heavy atom. The molecule has 0 aliphatic carbocycles. The fourth-order valence-electron chi connectivity index (χ4n) is 4.32. The van der Waals surface area contributed by atoms with E-state index in [0.29, 0.717) is 18.4 Å². The quantitative estimate of drug-likeness (QED) is 0.211. The predicted octanol–water partition coefficient (Wildman–Crippen LogP) is 5.56. The number of hydrogen-bond acceptors (Lipinski definition) is 9. The van der Waals surface area contributed by atoms with Crippen LogP contribution in [0.5, 0.6) is 0 Å². The van der Waals surface area contributed by atoms with Crippen molar-refractivity contribution >= 4 is 28.5 Å². The second-order valence-corrected chi connectivity index (χ2v) is 9.16. The molecule has 0 spiro atoms. The molecule has 4 aromatic rings. The first-order chi connectivity index (χ1) is 19.1. The molecule has 1 aliphatic heterocycles. The van der Waals surface area contributed by atoms with Gasteiger partial charge in [-0.05, 0) is 63.2 Å². The summed E-state index contributed by atoms with van der Waals surface area (Å²) < 4.78 is 80.3. The second kappa shape index (κ2) is 11.2. The molecule has 9 nitrogen and oxygen atoms in total. The third-order valence-corrected chi connectivity index (χ3v) is 6.30. The normalized spacial score (nSPS) is 14.6. The maximum atomic E-state index is 14.0. The lowest BCUT2D eigenvalue weighted by Gasteiger charge is -2.15.